The Balaban J connectivity index is 3.37. The molecular formula is C10H21NO5. The van der Waals surface area contributed by atoms with Crippen LogP contribution < -0.4 is 5.32 Å². The predicted octanol–water partition coefficient (Wildman–Crippen LogP) is -0.271. The minimum absolute atomic E-state index is 0.167. The summed E-state index contributed by atoms with van der Waals surface area (Å²) in [5, 5.41) is 11.7. The van der Waals surface area contributed by atoms with Crippen molar-refractivity contribution in [3.63, 3.8) is 0 Å². The maximum atomic E-state index is 10.7. The maximum absolute atomic E-state index is 10.7. The number of nitrogens with one attached hydrogen (secondary N) is 1. The van der Waals surface area contributed by atoms with E-state index in [0.717, 1.165) is 6.42 Å². The highest BCUT2D eigenvalue weighted by Gasteiger charge is 2.15. The molecule has 6 nitrogen and oxygen atoms in total. The molecule has 0 aromatic rings. The molecule has 2 N–H and O–H groups in total. The first-order valence-electron chi connectivity index (χ1n) is 5.24. The third-order valence-corrected chi connectivity index (χ3v) is 1.92. The largest absolute Gasteiger partial charge is 0.480 e. The molecule has 96 valence electrons. The van der Waals surface area contributed by atoms with Gasteiger partial charge >= 0.3 is 5.97 Å². The van der Waals surface area contributed by atoms with Crippen molar-refractivity contribution in [1.82, 2.24) is 5.32 Å². The highest BCUT2D eigenvalue weighted by molar-refractivity contribution is 5.73. The quantitative estimate of drug-likeness (QED) is 0.480. The smallest absolute Gasteiger partial charge is 0.323 e. The van der Waals surface area contributed by atoms with Crippen LogP contribution in [0.25, 0.3) is 0 Å². The fourth-order valence-electron chi connectivity index (χ4n) is 1.08. The predicted molar refractivity (Wildman–Crippen MR) is 58.6 cm³/mol. The van der Waals surface area contributed by atoms with Gasteiger partial charge < -0.3 is 24.6 Å². The van der Waals surface area contributed by atoms with Crippen molar-refractivity contribution in [3.8, 4) is 0 Å². The summed E-state index contributed by atoms with van der Waals surface area (Å²) < 4.78 is 14.8. The zero-order valence-electron chi connectivity index (χ0n) is 9.90. The van der Waals surface area contributed by atoms with E-state index in [-0.39, 0.29) is 6.61 Å². The topological polar surface area (TPSA) is 77.0 Å². The Kier molecular flexibility index (Phi) is 10.3. The number of carbonyl (C=O) groups is 1. The van der Waals surface area contributed by atoms with Crippen LogP contribution in [0.5, 0.6) is 0 Å². The van der Waals surface area contributed by atoms with Gasteiger partial charge in [0.15, 0.2) is 0 Å². The molecule has 0 aliphatic rings. The van der Waals surface area contributed by atoms with Gasteiger partial charge in [0.25, 0.3) is 0 Å². The first-order chi connectivity index (χ1) is 7.72. The summed E-state index contributed by atoms with van der Waals surface area (Å²) in [4.78, 5) is 10.7. The van der Waals surface area contributed by atoms with E-state index in [4.69, 9.17) is 19.3 Å². The summed E-state index contributed by atoms with van der Waals surface area (Å²) in [6.07, 6.45) is 0.761. The van der Waals surface area contributed by atoms with E-state index < -0.39 is 12.0 Å². The molecule has 0 spiro atoms. The molecule has 0 radical (unpaired) electrons. The Morgan fingerprint density at radius 2 is 2.00 bits per heavy atom. The third-order valence-electron chi connectivity index (χ3n) is 1.92. The molecular weight excluding hydrogens is 214 g/mol. The van der Waals surface area contributed by atoms with E-state index in [1.54, 1.807) is 7.11 Å². The lowest BCUT2D eigenvalue weighted by Crippen LogP contribution is -2.41. The van der Waals surface area contributed by atoms with Gasteiger partial charge in [0.1, 0.15) is 6.04 Å². The van der Waals surface area contributed by atoms with E-state index in [0.29, 0.717) is 26.4 Å². The van der Waals surface area contributed by atoms with Gasteiger partial charge in [-0.25, -0.2) is 0 Å². The van der Waals surface area contributed by atoms with Gasteiger partial charge in [0.2, 0.25) is 0 Å². The van der Waals surface area contributed by atoms with Gasteiger partial charge in [-0.15, -0.1) is 0 Å². The van der Waals surface area contributed by atoms with Crippen LogP contribution in [0.4, 0.5) is 0 Å². The van der Waals surface area contributed by atoms with Gasteiger partial charge in [0.05, 0.1) is 19.8 Å². The summed E-state index contributed by atoms with van der Waals surface area (Å²) in [5.74, 6) is -0.901. The summed E-state index contributed by atoms with van der Waals surface area (Å²) in [6, 6.07) is -0.649. The number of carboxylic acids is 1. The lowest BCUT2D eigenvalue weighted by molar-refractivity contribution is -0.140. The van der Waals surface area contributed by atoms with Crippen LogP contribution in [0.1, 0.15) is 6.42 Å². The summed E-state index contributed by atoms with van der Waals surface area (Å²) in [7, 11) is 3.10. The fraction of sp³-hybridized carbons (Fsp3) is 0.900. The molecule has 6 heteroatoms. The summed E-state index contributed by atoms with van der Waals surface area (Å²) >= 11 is 0. The molecule has 0 aliphatic heterocycles. The molecule has 1 atom stereocenters. The lowest BCUT2D eigenvalue weighted by Gasteiger charge is -2.13. The standard InChI is InChI=1S/C10H21NO5/c1-14-6-7-16-5-3-4-11-9(8-15-2)10(12)13/h9,11H,3-8H2,1-2H3,(H,12,13). The zero-order valence-corrected chi connectivity index (χ0v) is 9.90. The van der Waals surface area contributed by atoms with E-state index in [2.05, 4.69) is 5.32 Å². The van der Waals surface area contributed by atoms with Crippen LogP contribution >= 0.6 is 0 Å². The molecule has 0 aromatic heterocycles. The van der Waals surface area contributed by atoms with Crippen LogP contribution in [-0.4, -0.2) is 64.3 Å². The van der Waals surface area contributed by atoms with Crippen LogP contribution in [0, 0.1) is 0 Å². The molecule has 0 bridgehead atoms. The monoisotopic (exact) mass is 235 g/mol. The highest BCUT2D eigenvalue weighted by Crippen LogP contribution is 1.88. The van der Waals surface area contributed by atoms with Crippen molar-refractivity contribution >= 4 is 5.97 Å². The molecule has 0 saturated carbocycles. The van der Waals surface area contributed by atoms with E-state index in [1.807, 2.05) is 0 Å². The average molecular weight is 235 g/mol. The lowest BCUT2D eigenvalue weighted by atomic mass is 10.3. The summed E-state index contributed by atoms with van der Waals surface area (Å²) in [5.41, 5.74) is 0. The van der Waals surface area contributed by atoms with Crippen LogP contribution in [0.15, 0.2) is 0 Å². The molecule has 0 rings (SSSR count). The van der Waals surface area contributed by atoms with Crippen LogP contribution in [0.3, 0.4) is 0 Å². The number of methoxy groups -OCH3 is 2. The Labute approximate surface area is 95.9 Å². The normalized spacial score (nSPS) is 12.6. The Morgan fingerprint density at radius 1 is 1.25 bits per heavy atom. The first kappa shape index (κ1) is 15.3. The third kappa shape index (κ3) is 8.60. The molecule has 0 aliphatic carbocycles. The SMILES string of the molecule is COCCOCCCNC(COC)C(=O)O. The molecule has 0 amide bonds. The number of rotatable bonds is 11. The van der Waals surface area contributed by atoms with Gasteiger partial charge in [-0.2, -0.15) is 0 Å². The Morgan fingerprint density at radius 3 is 2.56 bits per heavy atom. The molecule has 0 heterocycles. The van der Waals surface area contributed by atoms with Crippen molar-refractivity contribution in [2.24, 2.45) is 0 Å². The number of carboxylic acid groups (broad SMARTS) is 1. The van der Waals surface area contributed by atoms with Gasteiger partial charge in [-0.1, -0.05) is 0 Å². The Hall–Kier alpha value is -0.690. The van der Waals surface area contributed by atoms with E-state index >= 15 is 0 Å². The van der Waals surface area contributed by atoms with Gasteiger partial charge in [0, 0.05) is 20.8 Å². The second kappa shape index (κ2) is 10.8. The maximum Gasteiger partial charge on any atom is 0.323 e. The molecule has 1 unspecified atom stereocenters. The first-order valence-corrected chi connectivity index (χ1v) is 5.24. The van der Waals surface area contributed by atoms with E-state index in [1.165, 1.54) is 7.11 Å². The second-order valence-corrected chi connectivity index (χ2v) is 3.26. The zero-order chi connectivity index (χ0) is 12.2. The number of ether oxygens (including phenoxy) is 3. The van der Waals surface area contributed by atoms with Crippen molar-refractivity contribution in [1.29, 1.82) is 0 Å². The summed E-state index contributed by atoms with van der Waals surface area (Å²) in [6.45, 7) is 2.49. The average Bonchev–Trinajstić information content (AvgIpc) is 2.26. The number of hydrogen-bond acceptors (Lipinski definition) is 5. The minimum atomic E-state index is -0.901. The highest BCUT2D eigenvalue weighted by atomic mass is 16.5. The number of hydrogen-bond donors (Lipinski definition) is 2. The van der Waals surface area contributed by atoms with Crippen LogP contribution in [-0.2, 0) is 19.0 Å². The molecule has 16 heavy (non-hydrogen) atoms. The second-order valence-electron chi connectivity index (χ2n) is 3.26. The molecule has 0 aromatic carbocycles. The molecule has 0 saturated heterocycles. The van der Waals surface area contributed by atoms with E-state index in [9.17, 15) is 4.79 Å². The number of aliphatic carboxylic acids is 1. The van der Waals surface area contributed by atoms with Crippen molar-refractivity contribution in [3.05, 3.63) is 0 Å². The fourth-order valence-corrected chi connectivity index (χ4v) is 1.08. The molecule has 0 fully saturated rings. The van der Waals surface area contributed by atoms with Crippen molar-refractivity contribution < 1.29 is 24.1 Å². The minimum Gasteiger partial charge on any atom is -0.480 e. The van der Waals surface area contributed by atoms with Crippen molar-refractivity contribution in [2.45, 2.75) is 12.5 Å². The van der Waals surface area contributed by atoms with Gasteiger partial charge in [-0.3, -0.25) is 4.79 Å². The van der Waals surface area contributed by atoms with Gasteiger partial charge in [-0.05, 0) is 13.0 Å². The Bertz CT molecular complexity index is 177. The van der Waals surface area contributed by atoms with Crippen LogP contribution in [0.2, 0.25) is 0 Å². The van der Waals surface area contributed by atoms with Crippen molar-refractivity contribution in [2.75, 3.05) is 47.2 Å².